The van der Waals surface area contributed by atoms with Crippen LogP contribution in [0.5, 0.6) is 5.75 Å². The number of anilines is 1. The minimum absolute atomic E-state index is 0.299. The molecule has 0 aromatic heterocycles. The second kappa shape index (κ2) is 5.73. The molecule has 0 heterocycles. The summed E-state index contributed by atoms with van der Waals surface area (Å²) in [6.45, 7) is 0.696. The predicted octanol–water partition coefficient (Wildman–Crippen LogP) is 4.37. The number of phenolic OH excluding ortho intramolecular Hbond substituents is 1. The molecule has 2 nitrogen and oxygen atoms in total. The van der Waals surface area contributed by atoms with Gasteiger partial charge in [0.15, 0.2) is 0 Å². The minimum Gasteiger partial charge on any atom is -0.508 e. The Hall–Kier alpha value is -0.750. The minimum atomic E-state index is 0.299. The van der Waals surface area contributed by atoms with Gasteiger partial charge < -0.3 is 10.4 Å². The number of nitrogens with one attached hydrogen (secondary N) is 1. The quantitative estimate of drug-likeness (QED) is 0.745. The van der Waals surface area contributed by atoms with Gasteiger partial charge in [0.1, 0.15) is 5.75 Å². The van der Waals surface area contributed by atoms with Crippen LogP contribution >= 0.6 is 38.5 Å². The smallest absolute Gasteiger partial charge is 0.115 e. The Morgan fingerprint density at radius 2 is 2.00 bits per heavy atom. The topological polar surface area (TPSA) is 32.3 Å². The van der Waals surface area contributed by atoms with E-state index in [0.717, 1.165) is 15.7 Å². The van der Waals surface area contributed by atoms with Gasteiger partial charge in [0.2, 0.25) is 0 Å². The highest BCUT2D eigenvalue weighted by molar-refractivity contribution is 14.1. The summed E-state index contributed by atoms with van der Waals surface area (Å²) in [6.07, 6.45) is 0. The highest BCUT2D eigenvalue weighted by Crippen LogP contribution is 2.23. The van der Waals surface area contributed by atoms with Crippen molar-refractivity contribution in [3.8, 4) is 5.75 Å². The second-order valence-corrected chi connectivity index (χ2v) is 5.67. The van der Waals surface area contributed by atoms with Crippen LogP contribution in [0.3, 0.4) is 0 Å². The summed E-state index contributed by atoms with van der Waals surface area (Å²) in [5, 5.41) is 12.7. The first-order chi connectivity index (χ1) is 8.15. The largest absolute Gasteiger partial charge is 0.508 e. The zero-order valence-corrected chi connectivity index (χ0v) is 12.7. The lowest BCUT2D eigenvalue weighted by molar-refractivity contribution is 0.474. The van der Waals surface area contributed by atoms with Crippen LogP contribution in [-0.4, -0.2) is 5.11 Å². The van der Waals surface area contributed by atoms with E-state index in [4.69, 9.17) is 0 Å². The predicted molar refractivity (Wildman–Crippen MR) is 82.3 cm³/mol. The summed E-state index contributed by atoms with van der Waals surface area (Å²) >= 11 is 5.77. The molecule has 88 valence electrons. The second-order valence-electron chi connectivity index (χ2n) is 3.65. The summed E-state index contributed by atoms with van der Waals surface area (Å²) in [6, 6.07) is 13.4. The molecule has 2 aromatic rings. The first kappa shape index (κ1) is 12.7. The van der Waals surface area contributed by atoms with Gasteiger partial charge in [0.05, 0.1) is 0 Å². The lowest BCUT2D eigenvalue weighted by Gasteiger charge is -2.08. The standard InChI is InChI=1S/C13H11BrINO/c14-12-7-10(4-5-13(12)15)16-8-9-2-1-3-11(17)6-9/h1-7,16-17H,8H2. The van der Waals surface area contributed by atoms with Gasteiger partial charge in [-0.2, -0.15) is 0 Å². The molecule has 0 unspecified atom stereocenters. The first-order valence-corrected chi connectivity index (χ1v) is 6.99. The van der Waals surface area contributed by atoms with Gasteiger partial charge in [-0.1, -0.05) is 12.1 Å². The van der Waals surface area contributed by atoms with Crippen molar-refractivity contribution in [2.45, 2.75) is 6.54 Å². The third kappa shape index (κ3) is 3.61. The number of rotatable bonds is 3. The summed E-state index contributed by atoms with van der Waals surface area (Å²) in [5.74, 6) is 0.299. The Labute approximate surface area is 122 Å². The Kier molecular flexibility index (Phi) is 4.28. The van der Waals surface area contributed by atoms with E-state index in [1.54, 1.807) is 12.1 Å². The highest BCUT2D eigenvalue weighted by Gasteiger charge is 1.99. The van der Waals surface area contributed by atoms with Crippen LogP contribution in [-0.2, 0) is 6.54 Å². The molecule has 0 saturated heterocycles. The Bertz CT molecular complexity index is 531. The third-order valence-electron chi connectivity index (χ3n) is 2.33. The van der Waals surface area contributed by atoms with Crippen molar-refractivity contribution in [3.63, 3.8) is 0 Å². The maximum atomic E-state index is 9.35. The van der Waals surface area contributed by atoms with Crippen molar-refractivity contribution in [2.24, 2.45) is 0 Å². The van der Waals surface area contributed by atoms with Crippen LogP contribution in [0.25, 0.3) is 0 Å². The molecular weight excluding hydrogens is 393 g/mol. The molecule has 0 aliphatic carbocycles. The Balaban J connectivity index is 2.05. The van der Waals surface area contributed by atoms with E-state index in [9.17, 15) is 5.11 Å². The van der Waals surface area contributed by atoms with E-state index < -0.39 is 0 Å². The molecular formula is C13H11BrINO. The molecule has 2 rings (SSSR count). The fourth-order valence-corrected chi connectivity index (χ4v) is 2.19. The first-order valence-electron chi connectivity index (χ1n) is 5.12. The van der Waals surface area contributed by atoms with Crippen molar-refractivity contribution in [3.05, 3.63) is 56.1 Å². The van der Waals surface area contributed by atoms with E-state index in [-0.39, 0.29) is 0 Å². The van der Waals surface area contributed by atoms with Crippen LogP contribution < -0.4 is 5.32 Å². The van der Waals surface area contributed by atoms with E-state index in [1.165, 1.54) is 3.57 Å². The molecule has 0 aliphatic heterocycles. The SMILES string of the molecule is Oc1cccc(CNc2ccc(I)c(Br)c2)c1. The van der Waals surface area contributed by atoms with Gasteiger partial charge >= 0.3 is 0 Å². The summed E-state index contributed by atoms with van der Waals surface area (Å²) in [7, 11) is 0. The molecule has 0 radical (unpaired) electrons. The number of hydrogen-bond acceptors (Lipinski definition) is 2. The zero-order valence-electron chi connectivity index (χ0n) is 8.95. The number of aromatic hydroxyl groups is 1. The van der Waals surface area contributed by atoms with Crippen molar-refractivity contribution >= 4 is 44.2 Å². The van der Waals surface area contributed by atoms with Crippen LogP contribution in [0.2, 0.25) is 0 Å². The molecule has 0 spiro atoms. The summed E-state index contributed by atoms with van der Waals surface area (Å²) in [4.78, 5) is 0. The molecule has 0 saturated carbocycles. The average Bonchev–Trinajstić information content (AvgIpc) is 2.31. The normalized spacial score (nSPS) is 10.2. The van der Waals surface area contributed by atoms with Crippen LogP contribution in [0.4, 0.5) is 5.69 Å². The molecule has 0 atom stereocenters. The van der Waals surface area contributed by atoms with Gasteiger partial charge in [-0.25, -0.2) is 0 Å². The maximum Gasteiger partial charge on any atom is 0.115 e. The molecule has 2 N–H and O–H groups in total. The molecule has 2 aromatic carbocycles. The number of phenols is 1. The molecule has 4 heteroatoms. The van der Waals surface area contributed by atoms with E-state index in [2.05, 4.69) is 49.9 Å². The Morgan fingerprint density at radius 3 is 2.71 bits per heavy atom. The zero-order chi connectivity index (χ0) is 12.3. The number of benzene rings is 2. The monoisotopic (exact) mass is 403 g/mol. The van der Waals surface area contributed by atoms with Crippen LogP contribution in [0, 0.1) is 3.57 Å². The van der Waals surface area contributed by atoms with Crippen molar-refractivity contribution in [2.75, 3.05) is 5.32 Å². The lowest BCUT2D eigenvalue weighted by atomic mass is 10.2. The molecule has 0 fully saturated rings. The highest BCUT2D eigenvalue weighted by atomic mass is 127. The molecule has 0 amide bonds. The van der Waals surface area contributed by atoms with Crippen molar-refractivity contribution < 1.29 is 5.11 Å². The lowest BCUT2D eigenvalue weighted by Crippen LogP contribution is -1.99. The van der Waals surface area contributed by atoms with Gasteiger partial charge in [0, 0.05) is 20.3 Å². The van der Waals surface area contributed by atoms with E-state index in [1.807, 2.05) is 24.3 Å². The van der Waals surface area contributed by atoms with Crippen molar-refractivity contribution in [1.82, 2.24) is 0 Å². The molecule has 0 bridgehead atoms. The number of hydrogen-bond donors (Lipinski definition) is 2. The maximum absolute atomic E-state index is 9.35. The van der Waals surface area contributed by atoms with Crippen LogP contribution in [0.15, 0.2) is 46.9 Å². The van der Waals surface area contributed by atoms with E-state index >= 15 is 0 Å². The third-order valence-corrected chi connectivity index (χ3v) is 4.66. The summed E-state index contributed by atoms with van der Waals surface area (Å²) in [5.41, 5.74) is 2.11. The van der Waals surface area contributed by atoms with Gasteiger partial charge in [-0.15, -0.1) is 0 Å². The molecule has 0 aliphatic rings. The fraction of sp³-hybridized carbons (Fsp3) is 0.0769. The van der Waals surface area contributed by atoms with Crippen molar-refractivity contribution in [1.29, 1.82) is 0 Å². The van der Waals surface area contributed by atoms with E-state index in [0.29, 0.717) is 12.3 Å². The fourth-order valence-electron chi connectivity index (χ4n) is 1.48. The Morgan fingerprint density at radius 1 is 1.18 bits per heavy atom. The molecule has 17 heavy (non-hydrogen) atoms. The van der Waals surface area contributed by atoms with Gasteiger partial charge in [-0.05, 0) is 74.4 Å². The summed E-state index contributed by atoms with van der Waals surface area (Å²) < 4.78 is 2.27. The van der Waals surface area contributed by atoms with Gasteiger partial charge in [-0.3, -0.25) is 0 Å². The average molecular weight is 404 g/mol. The van der Waals surface area contributed by atoms with Crippen LogP contribution in [0.1, 0.15) is 5.56 Å². The number of halogens is 2. The van der Waals surface area contributed by atoms with Gasteiger partial charge in [0.25, 0.3) is 0 Å².